The summed E-state index contributed by atoms with van der Waals surface area (Å²) < 4.78 is 7.29. The number of rotatable bonds is 8. The molecule has 0 atom stereocenters. The summed E-state index contributed by atoms with van der Waals surface area (Å²) in [6, 6.07) is 94.4. The predicted molar refractivity (Wildman–Crippen MR) is 322 cm³/mol. The van der Waals surface area contributed by atoms with Gasteiger partial charge in [-0.15, -0.1) is 0 Å². The fourth-order valence-corrected chi connectivity index (χ4v) is 12.2. The second kappa shape index (κ2) is 17.8. The number of fused-ring (bicyclic) bond motifs is 9. The Kier molecular flexibility index (Phi) is 10.3. The molecule has 5 heteroatoms. The molecule has 0 aliphatic heterocycles. The summed E-state index contributed by atoms with van der Waals surface area (Å²) in [6.45, 7) is 4.46. The van der Waals surface area contributed by atoms with Crippen LogP contribution in [0.1, 0.15) is 11.1 Å². The van der Waals surface area contributed by atoms with E-state index in [1.807, 2.05) is 24.3 Å². The molecule has 0 unspecified atom stereocenters. The molecule has 4 heterocycles. The fraction of sp³-hybridized carbons (Fsp3) is 0.0278. The van der Waals surface area contributed by atoms with Crippen molar-refractivity contribution in [3.05, 3.63) is 272 Å². The third-order valence-corrected chi connectivity index (χ3v) is 15.7. The van der Waals surface area contributed by atoms with Gasteiger partial charge in [0.1, 0.15) is 0 Å². The molecule has 0 spiro atoms. The number of aryl methyl sites for hydroxylation is 2. The van der Waals surface area contributed by atoms with Crippen LogP contribution in [-0.4, -0.2) is 23.7 Å². The lowest BCUT2D eigenvalue weighted by Gasteiger charge is -2.15. The zero-order valence-corrected chi connectivity index (χ0v) is 42.6. The Balaban J connectivity index is 0.809. The highest BCUT2D eigenvalue weighted by molar-refractivity contribution is 6.14. The smallest absolute Gasteiger partial charge is 0.160 e. The zero-order valence-electron chi connectivity index (χ0n) is 42.6. The van der Waals surface area contributed by atoms with Gasteiger partial charge < -0.3 is 13.7 Å². The van der Waals surface area contributed by atoms with Crippen molar-refractivity contribution in [2.24, 2.45) is 0 Å². The maximum atomic E-state index is 5.08. The highest BCUT2D eigenvalue weighted by Crippen LogP contribution is 2.41. The van der Waals surface area contributed by atoms with Crippen LogP contribution in [-0.2, 0) is 0 Å². The van der Waals surface area contributed by atoms with Gasteiger partial charge >= 0.3 is 0 Å². The SMILES string of the molecule is Cc1cc(-c2ccc(-n3c4ccc(-n5c6ccccc6c6ccccc65)cc4c4cc(-n5c6ccccc6c6ccccc65)ccc43)cc2)cc(C)c1-c1ccc(-c2cc(-c3ccccc3)nc(-c3ccccc3)n2)cc1. The van der Waals surface area contributed by atoms with Gasteiger partial charge in [0.05, 0.1) is 44.5 Å². The topological polar surface area (TPSA) is 40.6 Å². The van der Waals surface area contributed by atoms with Gasteiger partial charge in [0.2, 0.25) is 0 Å². The molecule has 0 fully saturated rings. The van der Waals surface area contributed by atoms with Gasteiger partial charge in [-0.3, -0.25) is 0 Å². The average molecular weight is 984 g/mol. The van der Waals surface area contributed by atoms with E-state index in [0.717, 1.165) is 56.2 Å². The normalized spacial score (nSPS) is 11.8. The summed E-state index contributed by atoms with van der Waals surface area (Å²) in [7, 11) is 0. The van der Waals surface area contributed by atoms with Crippen LogP contribution < -0.4 is 0 Å². The minimum atomic E-state index is 0.714. The molecule has 0 saturated heterocycles. The summed E-state index contributed by atoms with van der Waals surface area (Å²) in [6.07, 6.45) is 0. The molecule has 11 aromatic carbocycles. The quantitative estimate of drug-likeness (QED) is 0.152. The molecule has 15 aromatic rings. The highest BCUT2D eigenvalue weighted by Gasteiger charge is 2.20. The number of hydrogen-bond donors (Lipinski definition) is 0. The van der Waals surface area contributed by atoms with E-state index in [2.05, 4.69) is 264 Å². The summed E-state index contributed by atoms with van der Waals surface area (Å²) >= 11 is 0. The highest BCUT2D eigenvalue weighted by atomic mass is 15.0. The second-order valence-electron chi connectivity index (χ2n) is 20.3. The molecule has 4 aromatic heterocycles. The van der Waals surface area contributed by atoms with E-state index in [9.17, 15) is 0 Å². The largest absolute Gasteiger partial charge is 0.309 e. The Morgan fingerprint density at radius 2 is 0.597 bits per heavy atom. The van der Waals surface area contributed by atoms with Crippen LogP contribution in [0.2, 0.25) is 0 Å². The molecule has 0 bridgehead atoms. The van der Waals surface area contributed by atoms with E-state index in [-0.39, 0.29) is 0 Å². The Labute approximate surface area is 445 Å². The van der Waals surface area contributed by atoms with Gasteiger partial charge in [0, 0.05) is 66.1 Å². The van der Waals surface area contributed by atoms with E-state index in [0.29, 0.717) is 5.82 Å². The Morgan fingerprint density at radius 3 is 1.06 bits per heavy atom. The monoisotopic (exact) mass is 983 g/mol. The van der Waals surface area contributed by atoms with Gasteiger partial charge in [-0.2, -0.15) is 0 Å². The lowest BCUT2D eigenvalue weighted by atomic mass is 9.91. The maximum absolute atomic E-state index is 5.08. The molecular weight excluding hydrogens is 935 g/mol. The minimum Gasteiger partial charge on any atom is -0.309 e. The van der Waals surface area contributed by atoms with Crippen molar-refractivity contribution in [2.45, 2.75) is 13.8 Å². The average Bonchev–Trinajstić information content (AvgIpc) is 4.13. The Morgan fingerprint density at radius 1 is 0.247 bits per heavy atom. The van der Waals surface area contributed by atoms with Gasteiger partial charge in [0.25, 0.3) is 0 Å². The van der Waals surface area contributed by atoms with Gasteiger partial charge in [-0.25, -0.2) is 9.97 Å². The molecule has 0 saturated carbocycles. The predicted octanol–water partition coefficient (Wildman–Crippen LogP) is 18.7. The third-order valence-electron chi connectivity index (χ3n) is 15.7. The second-order valence-corrected chi connectivity index (χ2v) is 20.3. The van der Waals surface area contributed by atoms with Crippen LogP contribution in [0, 0.1) is 13.8 Å². The molecule has 15 rings (SSSR count). The standard InChI is InChI=1S/C72H49N5/c1-46-41-53(42-47(2)71(46)51-31-29-50(30-32-51)64-45-63(49-17-5-3-6-18-49)73-72(74-64)52-19-7-4-8-20-52)48-33-35-54(36-34-48)75-69-39-37-55(76-65-25-13-9-21-57(65)58-22-10-14-26-66(58)76)43-61(69)62-44-56(38-40-70(62)75)77-67-27-15-11-23-59(67)60-24-12-16-28-68(60)77/h3-45H,1-2H3. The van der Waals surface area contributed by atoms with Crippen LogP contribution in [0.25, 0.3) is 139 Å². The summed E-state index contributed by atoms with van der Waals surface area (Å²) in [5.41, 5.74) is 22.7. The number of para-hydroxylation sites is 4. The van der Waals surface area contributed by atoms with Crippen molar-refractivity contribution >= 4 is 65.4 Å². The number of hydrogen-bond acceptors (Lipinski definition) is 2. The van der Waals surface area contributed by atoms with E-state index in [1.165, 1.54) is 87.8 Å². The van der Waals surface area contributed by atoms with Crippen molar-refractivity contribution in [3.63, 3.8) is 0 Å². The van der Waals surface area contributed by atoms with Crippen molar-refractivity contribution in [1.29, 1.82) is 0 Å². The van der Waals surface area contributed by atoms with Gasteiger partial charge in [0.15, 0.2) is 5.82 Å². The Hall–Kier alpha value is -10.1. The minimum absolute atomic E-state index is 0.714. The van der Waals surface area contributed by atoms with Crippen molar-refractivity contribution < 1.29 is 0 Å². The first-order valence-corrected chi connectivity index (χ1v) is 26.4. The van der Waals surface area contributed by atoms with E-state index in [1.54, 1.807) is 0 Å². The zero-order chi connectivity index (χ0) is 51.1. The first-order valence-electron chi connectivity index (χ1n) is 26.4. The van der Waals surface area contributed by atoms with Crippen LogP contribution in [0.5, 0.6) is 0 Å². The van der Waals surface area contributed by atoms with E-state index >= 15 is 0 Å². The van der Waals surface area contributed by atoms with E-state index in [4.69, 9.17) is 9.97 Å². The third kappa shape index (κ3) is 7.31. The molecule has 5 nitrogen and oxygen atoms in total. The van der Waals surface area contributed by atoms with E-state index < -0.39 is 0 Å². The molecule has 0 N–H and O–H groups in total. The summed E-state index contributed by atoms with van der Waals surface area (Å²) in [4.78, 5) is 10.1. The van der Waals surface area contributed by atoms with Crippen molar-refractivity contribution in [2.75, 3.05) is 0 Å². The first-order chi connectivity index (χ1) is 38.0. The van der Waals surface area contributed by atoms with Crippen molar-refractivity contribution in [1.82, 2.24) is 23.7 Å². The number of nitrogens with zero attached hydrogens (tertiary/aromatic N) is 5. The van der Waals surface area contributed by atoms with Gasteiger partial charge in [-0.05, 0) is 126 Å². The molecule has 0 amide bonds. The molecule has 0 aliphatic carbocycles. The fourth-order valence-electron chi connectivity index (χ4n) is 12.2. The van der Waals surface area contributed by atoms with Crippen LogP contribution >= 0.6 is 0 Å². The van der Waals surface area contributed by atoms with Crippen molar-refractivity contribution in [3.8, 4) is 73.2 Å². The molecule has 0 aliphatic rings. The summed E-state index contributed by atoms with van der Waals surface area (Å²) in [5, 5.41) is 7.42. The number of benzene rings is 11. The van der Waals surface area contributed by atoms with Crippen LogP contribution in [0.4, 0.5) is 0 Å². The molecular formula is C72H49N5. The van der Waals surface area contributed by atoms with Crippen LogP contribution in [0.15, 0.2) is 261 Å². The van der Waals surface area contributed by atoms with Gasteiger partial charge in [-0.1, -0.05) is 182 Å². The van der Waals surface area contributed by atoms with Crippen LogP contribution in [0.3, 0.4) is 0 Å². The molecule has 77 heavy (non-hydrogen) atoms. The molecule has 362 valence electrons. The lowest BCUT2D eigenvalue weighted by molar-refractivity contribution is 1.16. The lowest BCUT2D eigenvalue weighted by Crippen LogP contribution is -1.97. The maximum Gasteiger partial charge on any atom is 0.160 e. The Bertz CT molecular complexity index is 4430. The molecule has 0 radical (unpaired) electrons. The summed E-state index contributed by atoms with van der Waals surface area (Å²) in [5.74, 6) is 0.714. The number of aromatic nitrogens is 5. The first kappa shape index (κ1) is 44.4.